The van der Waals surface area contributed by atoms with Crippen molar-refractivity contribution in [3.05, 3.63) is 73.3 Å². The van der Waals surface area contributed by atoms with Crippen molar-refractivity contribution in [2.45, 2.75) is 12.5 Å². The molecule has 25 heavy (non-hydrogen) atoms. The van der Waals surface area contributed by atoms with Gasteiger partial charge in [-0.1, -0.05) is 23.7 Å². The van der Waals surface area contributed by atoms with Crippen LogP contribution in [0.2, 0.25) is 5.02 Å². The number of hydrogen-bond donors (Lipinski definition) is 2. The van der Waals surface area contributed by atoms with Crippen LogP contribution in [0, 0.1) is 20.2 Å². The number of halogens is 1. The molecule has 0 bridgehead atoms. The van der Waals surface area contributed by atoms with Gasteiger partial charge in [-0.3, -0.25) is 20.2 Å². The number of carboxylic acids is 1. The third-order valence-corrected chi connectivity index (χ3v) is 3.62. The summed E-state index contributed by atoms with van der Waals surface area (Å²) in [7, 11) is 0. The molecule has 0 saturated carbocycles. The van der Waals surface area contributed by atoms with Gasteiger partial charge >= 0.3 is 5.97 Å². The Bertz CT molecular complexity index is 825. The SMILES string of the molecule is O=C(O)[C@H](Cc1ccc(Cl)cc1)Nc1ccc([N+](=O)[O-])cc1[N+](=O)[O-]. The monoisotopic (exact) mass is 365 g/mol. The highest BCUT2D eigenvalue weighted by Crippen LogP contribution is 2.29. The Labute approximate surface area is 146 Å². The number of non-ortho nitro benzene ring substituents is 1. The Morgan fingerprint density at radius 1 is 1.12 bits per heavy atom. The number of nitrogens with one attached hydrogen (secondary N) is 1. The minimum Gasteiger partial charge on any atom is -0.480 e. The molecule has 2 aromatic rings. The van der Waals surface area contributed by atoms with Gasteiger partial charge in [-0.15, -0.1) is 0 Å². The molecule has 0 spiro atoms. The molecule has 1 atom stereocenters. The smallest absolute Gasteiger partial charge is 0.326 e. The lowest BCUT2D eigenvalue weighted by atomic mass is 10.1. The summed E-state index contributed by atoms with van der Waals surface area (Å²) in [5.74, 6) is -1.22. The van der Waals surface area contributed by atoms with Crippen LogP contribution in [0.25, 0.3) is 0 Å². The first-order valence-corrected chi connectivity index (χ1v) is 7.32. The van der Waals surface area contributed by atoms with Gasteiger partial charge in [-0.2, -0.15) is 0 Å². The average Bonchev–Trinajstić information content (AvgIpc) is 2.55. The number of anilines is 1. The standard InChI is InChI=1S/C15H12ClN3O6/c16-10-3-1-9(2-4-10)7-13(15(20)21)17-12-6-5-11(18(22)23)8-14(12)19(24)25/h1-6,8,13,17H,7H2,(H,20,21)/t13-/m0/s1. The lowest BCUT2D eigenvalue weighted by Crippen LogP contribution is -2.31. The first-order valence-electron chi connectivity index (χ1n) is 6.94. The summed E-state index contributed by atoms with van der Waals surface area (Å²) in [6, 6.07) is 8.29. The molecule has 0 aromatic heterocycles. The van der Waals surface area contributed by atoms with E-state index >= 15 is 0 Å². The molecule has 0 heterocycles. The number of nitro groups is 2. The summed E-state index contributed by atoms with van der Waals surface area (Å²) in [4.78, 5) is 31.8. The molecule has 0 amide bonds. The van der Waals surface area contributed by atoms with Crippen LogP contribution in [0.1, 0.15) is 5.56 Å². The third-order valence-electron chi connectivity index (χ3n) is 3.37. The van der Waals surface area contributed by atoms with Crippen LogP contribution in [0.3, 0.4) is 0 Å². The Morgan fingerprint density at radius 3 is 2.28 bits per heavy atom. The van der Waals surface area contributed by atoms with Crippen LogP contribution < -0.4 is 5.32 Å². The van der Waals surface area contributed by atoms with Gasteiger partial charge in [-0.25, -0.2) is 4.79 Å². The predicted molar refractivity (Wildman–Crippen MR) is 90.0 cm³/mol. The topological polar surface area (TPSA) is 136 Å². The van der Waals surface area contributed by atoms with Gasteiger partial charge in [0.2, 0.25) is 0 Å². The summed E-state index contributed by atoms with van der Waals surface area (Å²) < 4.78 is 0. The highest BCUT2D eigenvalue weighted by Gasteiger charge is 2.24. The summed E-state index contributed by atoms with van der Waals surface area (Å²) in [5, 5.41) is 34.3. The first kappa shape index (κ1) is 18.1. The molecule has 0 fully saturated rings. The van der Waals surface area contributed by atoms with Crippen molar-refractivity contribution in [3.8, 4) is 0 Å². The number of carboxylic acid groups (broad SMARTS) is 1. The van der Waals surface area contributed by atoms with Gasteiger partial charge in [0.25, 0.3) is 11.4 Å². The minimum atomic E-state index is -1.22. The molecule has 2 rings (SSSR count). The number of nitro benzene ring substituents is 2. The van der Waals surface area contributed by atoms with Crippen LogP contribution >= 0.6 is 11.6 Å². The fourth-order valence-electron chi connectivity index (χ4n) is 2.15. The number of hydrogen-bond acceptors (Lipinski definition) is 6. The van der Waals surface area contributed by atoms with Gasteiger partial charge in [0, 0.05) is 17.5 Å². The summed E-state index contributed by atoms with van der Waals surface area (Å²) in [5.41, 5.74) is -0.482. The average molecular weight is 366 g/mol. The molecule has 2 N–H and O–H groups in total. The molecule has 0 aliphatic rings. The Hall–Kier alpha value is -3.20. The third kappa shape index (κ3) is 4.64. The molecule has 0 radical (unpaired) electrons. The molecule has 130 valence electrons. The fraction of sp³-hybridized carbons (Fsp3) is 0.133. The van der Waals surface area contributed by atoms with Crippen molar-refractivity contribution in [2.75, 3.05) is 5.32 Å². The first-order chi connectivity index (χ1) is 11.8. The van der Waals surface area contributed by atoms with Crippen LogP contribution in [0.5, 0.6) is 0 Å². The van der Waals surface area contributed by atoms with E-state index in [2.05, 4.69) is 5.32 Å². The maximum atomic E-state index is 11.5. The Balaban J connectivity index is 2.29. The van der Waals surface area contributed by atoms with Crippen LogP contribution in [0.4, 0.5) is 17.1 Å². The van der Waals surface area contributed by atoms with E-state index in [4.69, 9.17) is 11.6 Å². The maximum Gasteiger partial charge on any atom is 0.326 e. The van der Waals surface area contributed by atoms with Gasteiger partial charge in [0.05, 0.1) is 15.9 Å². The van der Waals surface area contributed by atoms with Gasteiger partial charge in [-0.05, 0) is 23.8 Å². The van der Waals surface area contributed by atoms with Crippen molar-refractivity contribution >= 4 is 34.6 Å². The Kier molecular flexibility index (Phi) is 5.50. The minimum absolute atomic E-state index is 0.0423. The molecular weight excluding hydrogens is 354 g/mol. The molecule has 0 aliphatic heterocycles. The van der Waals surface area contributed by atoms with Crippen LogP contribution in [-0.4, -0.2) is 27.0 Å². The second-order valence-electron chi connectivity index (χ2n) is 5.08. The normalized spacial score (nSPS) is 11.6. The van der Waals surface area contributed by atoms with Crippen molar-refractivity contribution in [3.63, 3.8) is 0 Å². The zero-order valence-corrected chi connectivity index (χ0v) is 13.3. The highest BCUT2D eigenvalue weighted by atomic mass is 35.5. The van der Waals surface area contributed by atoms with Crippen molar-refractivity contribution in [1.29, 1.82) is 0 Å². The van der Waals surface area contributed by atoms with E-state index in [9.17, 15) is 30.1 Å². The van der Waals surface area contributed by atoms with E-state index < -0.39 is 33.2 Å². The molecule has 2 aromatic carbocycles. The lowest BCUT2D eigenvalue weighted by molar-refractivity contribution is -0.393. The maximum absolute atomic E-state index is 11.5. The summed E-state index contributed by atoms with van der Waals surface area (Å²) in [6.45, 7) is 0. The molecular formula is C15H12ClN3O6. The zero-order valence-electron chi connectivity index (χ0n) is 12.6. The van der Waals surface area contributed by atoms with E-state index in [1.165, 1.54) is 0 Å². The van der Waals surface area contributed by atoms with E-state index in [-0.39, 0.29) is 12.1 Å². The second kappa shape index (κ2) is 7.58. The number of benzene rings is 2. The van der Waals surface area contributed by atoms with Crippen molar-refractivity contribution in [2.24, 2.45) is 0 Å². The van der Waals surface area contributed by atoms with E-state index in [1.54, 1.807) is 24.3 Å². The zero-order chi connectivity index (χ0) is 18.6. The van der Waals surface area contributed by atoms with Crippen LogP contribution in [0.15, 0.2) is 42.5 Å². The van der Waals surface area contributed by atoms with Gasteiger partial charge in [0.15, 0.2) is 0 Å². The fourth-order valence-corrected chi connectivity index (χ4v) is 2.28. The molecule has 10 heteroatoms. The molecule has 9 nitrogen and oxygen atoms in total. The van der Waals surface area contributed by atoms with Gasteiger partial charge in [0.1, 0.15) is 11.7 Å². The number of carbonyl (C=O) groups is 1. The number of nitrogens with zero attached hydrogens (tertiary/aromatic N) is 2. The quantitative estimate of drug-likeness (QED) is 0.567. The highest BCUT2D eigenvalue weighted by molar-refractivity contribution is 6.30. The van der Waals surface area contributed by atoms with Crippen LogP contribution in [-0.2, 0) is 11.2 Å². The predicted octanol–water partition coefficient (Wildman–Crippen LogP) is 3.26. The largest absolute Gasteiger partial charge is 0.480 e. The number of aliphatic carboxylic acids is 1. The van der Waals surface area contributed by atoms with E-state index in [0.29, 0.717) is 10.6 Å². The number of rotatable bonds is 7. The molecule has 0 aliphatic carbocycles. The summed E-state index contributed by atoms with van der Waals surface area (Å²) in [6.07, 6.45) is 0.0423. The van der Waals surface area contributed by atoms with E-state index in [1.807, 2.05) is 0 Å². The van der Waals surface area contributed by atoms with Gasteiger partial charge < -0.3 is 10.4 Å². The molecule has 0 unspecified atom stereocenters. The lowest BCUT2D eigenvalue weighted by Gasteiger charge is -2.16. The second-order valence-corrected chi connectivity index (χ2v) is 5.52. The molecule has 0 saturated heterocycles. The Morgan fingerprint density at radius 2 is 1.76 bits per heavy atom. The summed E-state index contributed by atoms with van der Waals surface area (Å²) >= 11 is 5.77. The van der Waals surface area contributed by atoms with Crippen molar-refractivity contribution in [1.82, 2.24) is 0 Å². The van der Waals surface area contributed by atoms with E-state index in [0.717, 1.165) is 18.2 Å². The van der Waals surface area contributed by atoms with Crippen molar-refractivity contribution < 1.29 is 19.7 Å².